The first-order valence-corrected chi connectivity index (χ1v) is 7.57. The van der Waals surface area contributed by atoms with Crippen LogP contribution >= 0.6 is 11.3 Å². The van der Waals surface area contributed by atoms with E-state index < -0.39 is 0 Å². The fourth-order valence-electron chi connectivity index (χ4n) is 2.03. The molecule has 1 heterocycles. The van der Waals surface area contributed by atoms with Crippen LogP contribution in [0.3, 0.4) is 0 Å². The van der Waals surface area contributed by atoms with Crippen molar-refractivity contribution in [3.05, 3.63) is 23.2 Å². The Kier molecular flexibility index (Phi) is 5.41. The van der Waals surface area contributed by atoms with Crippen LogP contribution in [-0.2, 0) is 6.54 Å². The largest absolute Gasteiger partial charge is 0.493 e. The van der Waals surface area contributed by atoms with E-state index in [-0.39, 0.29) is 0 Å². The Morgan fingerprint density at radius 3 is 2.48 bits per heavy atom. The quantitative estimate of drug-likeness (QED) is 0.852. The van der Waals surface area contributed by atoms with Crippen LogP contribution in [0.2, 0.25) is 0 Å². The predicted molar refractivity (Wildman–Crippen MR) is 84.6 cm³/mol. The number of nitrogens with zero attached hydrogens (tertiary/aromatic N) is 1. The summed E-state index contributed by atoms with van der Waals surface area (Å²) in [6, 6.07) is 3.80. The zero-order valence-corrected chi connectivity index (χ0v) is 13.5. The first-order chi connectivity index (χ1) is 10.2. The maximum atomic E-state index is 5.50. The number of thiazole rings is 1. The van der Waals surface area contributed by atoms with E-state index in [2.05, 4.69) is 17.2 Å². The molecule has 1 aromatic carbocycles. The van der Waals surface area contributed by atoms with Gasteiger partial charge in [-0.25, -0.2) is 4.98 Å². The molecule has 2 aromatic rings. The second kappa shape index (κ2) is 7.28. The summed E-state index contributed by atoms with van der Waals surface area (Å²) in [5.41, 5.74) is 1.93. The van der Waals surface area contributed by atoms with Gasteiger partial charge < -0.3 is 19.5 Å². The van der Waals surface area contributed by atoms with Crippen LogP contribution in [0.1, 0.15) is 12.6 Å². The molecule has 1 N–H and O–H groups in total. The Bertz CT molecular complexity index is 599. The van der Waals surface area contributed by atoms with E-state index >= 15 is 0 Å². The van der Waals surface area contributed by atoms with Crippen LogP contribution in [0.15, 0.2) is 17.5 Å². The van der Waals surface area contributed by atoms with Crippen molar-refractivity contribution in [1.82, 2.24) is 10.3 Å². The highest BCUT2D eigenvalue weighted by molar-refractivity contribution is 7.13. The Morgan fingerprint density at radius 1 is 1.10 bits per heavy atom. The van der Waals surface area contributed by atoms with E-state index in [1.807, 2.05) is 17.5 Å². The lowest BCUT2D eigenvalue weighted by molar-refractivity contribution is 0.325. The highest BCUT2D eigenvalue weighted by Gasteiger charge is 2.18. The minimum absolute atomic E-state index is 0.584. The molecule has 0 unspecified atom stereocenters. The number of aromatic nitrogens is 1. The van der Waals surface area contributed by atoms with E-state index in [0.717, 1.165) is 29.4 Å². The Balaban J connectivity index is 2.41. The molecule has 0 fully saturated rings. The number of ether oxygens (including phenoxy) is 3. The van der Waals surface area contributed by atoms with Gasteiger partial charge in [-0.15, -0.1) is 11.3 Å². The molecule has 0 saturated carbocycles. The molecule has 0 spiro atoms. The van der Waals surface area contributed by atoms with Gasteiger partial charge in [0, 0.05) is 11.9 Å². The maximum Gasteiger partial charge on any atom is 0.204 e. The SMILES string of the molecule is CCNCc1csc(-c2ccc(OC)c(OC)c2OC)n1. The highest BCUT2D eigenvalue weighted by atomic mass is 32.1. The fourth-order valence-corrected chi connectivity index (χ4v) is 2.88. The molecule has 0 atom stereocenters. The van der Waals surface area contributed by atoms with Gasteiger partial charge >= 0.3 is 0 Å². The minimum Gasteiger partial charge on any atom is -0.493 e. The Labute approximate surface area is 128 Å². The predicted octanol–water partition coefficient (Wildman–Crippen LogP) is 2.95. The average molecular weight is 308 g/mol. The van der Waals surface area contributed by atoms with Crippen molar-refractivity contribution in [3.63, 3.8) is 0 Å². The lowest BCUT2D eigenvalue weighted by Gasteiger charge is -2.14. The van der Waals surface area contributed by atoms with Crippen molar-refractivity contribution in [2.75, 3.05) is 27.9 Å². The number of hydrogen-bond acceptors (Lipinski definition) is 6. The highest BCUT2D eigenvalue weighted by Crippen LogP contribution is 2.44. The number of hydrogen-bond donors (Lipinski definition) is 1. The third-order valence-corrected chi connectivity index (χ3v) is 3.97. The summed E-state index contributed by atoms with van der Waals surface area (Å²) < 4.78 is 16.2. The Hall–Kier alpha value is -1.79. The molecule has 0 aliphatic rings. The molecule has 0 radical (unpaired) electrons. The summed E-state index contributed by atoms with van der Waals surface area (Å²) >= 11 is 1.59. The molecule has 0 bridgehead atoms. The lowest BCUT2D eigenvalue weighted by Crippen LogP contribution is -2.11. The zero-order valence-electron chi connectivity index (χ0n) is 12.7. The number of rotatable bonds is 7. The van der Waals surface area contributed by atoms with Crippen LogP contribution in [0, 0.1) is 0 Å². The molecule has 0 aliphatic carbocycles. The molecule has 114 valence electrons. The van der Waals surface area contributed by atoms with E-state index in [9.17, 15) is 0 Å². The van der Waals surface area contributed by atoms with Gasteiger partial charge in [-0.05, 0) is 18.7 Å². The summed E-state index contributed by atoms with van der Waals surface area (Å²) in [6.07, 6.45) is 0. The first kappa shape index (κ1) is 15.6. The van der Waals surface area contributed by atoms with Gasteiger partial charge in [0.05, 0.1) is 32.6 Å². The van der Waals surface area contributed by atoms with Crippen molar-refractivity contribution in [3.8, 4) is 27.8 Å². The van der Waals surface area contributed by atoms with E-state index in [4.69, 9.17) is 14.2 Å². The molecule has 0 saturated heterocycles. The third kappa shape index (κ3) is 3.28. The third-order valence-electron chi connectivity index (χ3n) is 3.04. The molecule has 0 amide bonds. The molecule has 1 aromatic heterocycles. The smallest absolute Gasteiger partial charge is 0.204 e. The Morgan fingerprint density at radius 2 is 1.86 bits per heavy atom. The van der Waals surface area contributed by atoms with Crippen LogP contribution < -0.4 is 19.5 Å². The number of nitrogens with one attached hydrogen (secondary N) is 1. The van der Waals surface area contributed by atoms with Crippen molar-refractivity contribution in [1.29, 1.82) is 0 Å². The van der Waals surface area contributed by atoms with E-state index in [1.165, 1.54) is 0 Å². The van der Waals surface area contributed by atoms with Crippen molar-refractivity contribution in [2.45, 2.75) is 13.5 Å². The van der Waals surface area contributed by atoms with Crippen LogP contribution in [0.4, 0.5) is 0 Å². The van der Waals surface area contributed by atoms with E-state index in [0.29, 0.717) is 17.2 Å². The summed E-state index contributed by atoms with van der Waals surface area (Å²) in [6.45, 7) is 3.76. The van der Waals surface area contributed by atoms with Gasteiger partial charge in [0.25, 0.3) is 0 Å². The standard InChI is InChI=1S/C15H20N2O3S/c1-5-16-8-10-9-21-15(17-10)11-6-7-12(18-2)14(20-4)13(11)19-3/h6-7,9,16H,5,8H2,1-4H3. The van der Waals surface area contributed by atoms with Gasteiger partial charge in [0.15, 0.2) is 11.5 Å². The van der Waals surface area contributed by atoms with Gasteiger partial charge in [-0.3, -0.25) is 0 Å². The van der Waals surface area contributed by atoms with Crippen molar-refractivity contribution >= 4 is 11.3 Å². The fraction of sp³-hybridized carbons (Fsp3) is 0.400. The molecular weight excluding hydrogens is 288 g/mol. The summed E-state index contributed by atoms with van der Waals surface area (Å²) in [7, 11) is 4.82. The molecule has 2 rings (SSSR count). The van der Waals surface area contributed by atoms with Crippen LogP contribution in [-0.4, -0.2) is 32.9 Å². The lowest BCUT2D eigenvalue weighted by atomic mass is 10.1. The molecule has 6 heteroatoms. The van der Waals surface area contributed by atoms with Gasteiger partial charge in [0.1, 0.15) is 5.01 Å². The molecular formula is C15H20N2O3S. The van der Waals surface area contributed by atoms with Gasteiger partial charge in [0.2, 0.25) is 5.75 Å². The first-order valence-electron chi connectivity index (χ1n) is 6.69. The molecule has 0 aliphatic heterocycles. The number of methoxy groups -OCH3 is 3. The topological polar surface area (TPSA) is 52.6 Å². The average Bonchev–Trinajstić information content (AvgIpc) is 2.99. The monoisotopic (exact) mass is 308 g/mol. The van der Waals surface area contributed by atoms with Crippen LogP contribution in [0.25, 0.3) is 10.6 Å². The second-order valence-electron chi connectivity index (χ2n) is 4.31. The van der Waals surface area contributed by atoms with Gasteiger partial charge in [-0.2, -0.15) is 0 Å². The van der Waals surface area contributed by atoms with Crippen molar-refractivity contribution in [2.24, 2.45) is 0 Å². The zero-order chi connectivity index (χ0) is 15.2. The maximum absolute atomic E-state index is 5.50. The minimum atomic E-state index is 0.584. The second-order valence-corrected chi connectivity index (χ2v) is 5.16. The molecule has 21 heavy (non-hydrogen) atoms. The normalized spacial score (nSPS) is 10.5. The summed E-state index contributed by atoms with van der Waals surface area (Å²) in [5.74, 6) is 1.87. The summed E-state index contributed by atoms with van der Waals surface area (Å²) in [4.78, 5) is 4.64. The summed E-state index contributed by atoms with van der Waals surface area (Å²) in [5, 5.41) is 6.22. The van der Waals surface area contributed by atoms with E-state index in [1.54, 1.807) is 32.7 Å². The van der Waals surface area contributed by atoms with Gasteiger partial charge in [-0.1, -0.05) is 6.92 Å². The number of benzene rings is 1. The molecule has 5 nitrogen and oxygen atoms in total. The van der Waals surface area contributed by atoms with Crippen LogP contribution in [0.5, 0.6) is 17.2 Å². The van der Waals surface area contributed by atoms with Crippen molar-refractivity contribution < 1.29 is 14.2 Å².